The van der Waals surface area contributed by atoms with Gasteiger partial charge in [0.25, 0.3) is 0 Å². The molecule has 0 spiro atoms. The number of benzene rings is 4. The molecule has 0 heterocycles. The van der Waals surface area contributed by atoms with Crippen LogP contribution in [-0.2, 0) is 64.0 Å². The molecule has 2 aliphatic rings. The predicted molar refractivity (Wildman–Crippen MR) is 263 cm³/mol. The molecule has 0 saturated carbocycles. The molecule has 0 bridgehead atoms. The van der Waals surface area contributed by atoms with Crippen LogP contribution in [0.25, 0.3) is 0 Å². The van der Waals surface area contributed by atoms with Crippen LogP contribution in [-0.4, -0.2) is 128 Å². The van der Waals surface area contributed by atoms with E-state index in [-0.39, 0.29) is 11.8 Å². The number of carboxylic acids is 6. The highest BCUT2D eigenvalue weighted by Gasteiger charge is 2.25. The van der Waals surface area contributed by atoms with Crippen LogP contribution in [0, 0.1) is 0 Å². The maximum atomic E-state index is 11.3. The summed E-state index contributed by atoms with van der Waals surface area (Å²) in [5, 5.41) is 50.2. The largest absolute Gasteiger partial charge is 0.473 e. The molecule has 4 aromatic rings. The minimum atomic E-state index is -1.82. The van der Waals surface area contributed by atoms with Gasteiger partial charge in [0.05, 0.1) is 0 Å². The summed E-state index contributed by atoms with van der Waals surface area (Å²) in [7, 11) is 4.47. The average molecular weight is 971 g/mol. The Balaban J connectivity index is 0.000000357. The fraction of sp³-hybridized carbons (Fsp3) is 0.385. The van der Waals surface area contributed by atoms with E-state index in [0.29, 0.717) is 11.8 Å². The number of nitrogens with one attached hydrogen (secondary N) is 2. The van der Waals surface area contributed by atoms with Crippen molar-refractivity contribution in [2.45, 2.75) is 89.9 Å². The zero-order valence-electron chi connectivity index (χ0n) is 40.1. The highest BCUT2D eigenvalue weighted by Crippen LogP contribution is 2.36. The SMILES string of the molecule is CC(=O)Nc1ccc2c(c1)C(CN(C)CCCCc1ccccc1)CC2.CC(=O)Nc1ccc2c(c1)C(CN(C)CCCCc1ccccc1)CC2.O=C(O)C(=O)O.O=C(O)C(=O)O.O=C(O)C(=O)O. The molecule has 2 atom stereocenters. The third-order valence-electron chi connectivity index (χ3n) is 11.1. The number of fused-ring (bicyclic) bond motifs is 2. The van der Waals surface area contributed by atoms with Crippen LogP contribution in [0.3, 0.4) is 0 Å². The number of aliphatic carboxylic acids is 6. The van der Waals surface area contributed by atoms with E-state index >= 15 is 0 Å². The van der Waals surface area contributed by atoms with E-state index in [9.17, 15) is 9.59 Å². The summed E-state index contributed by atoms with van der Waals surface area (Å²) in [6, 6.07) is 34.3. The van der Waals surface area contributed by atoms with E-state index < -0.39 is 35.8 Å². The first kappa shape index (κ1) is 58.7. The molecule has 0 aliphatic heterocycles. The Morgan fingerprint density at radius 1 is 0.471 bits per heavy atom. The summed E-state index contributed by atoms with van der Waals surface area (Å²) in [5.74, 6) is -9.79. The number of anilines is 2. The van der Waals surface area contributed by atoms with Crippen LogP contribution in [0.5, 0.6) is 0 Å². The zero-order chi connectivity index (χ0) is 52.2. The first-order valence-electron chi connectivity index (χ1n) is 22.8. The van der Waals surface area contributed by atoms with Gasteiger partial charge < -0.3 is 51.1 Å². The smallest absolute Gasteiger partial charge is 0.414 e. The standard InChI is InChI=1S/2C23H30N2O.3C2H2O4/c2*1-18(26)24-22-14-13-20-11-12-21(23(20)16-22)17-25(2)15-7-6-10-19-8-4-3-5-9-19;3*3-1(4)2(5)6/h2*3-5,8-9,13-14,16,21H,6-7,10-12,15,17H2,1-2H3,(H,24,26);3*(H,3,4)(H,5,6). The Morgan fingerprint density at radius 2 is 0.786 bits per heavy atom. The molecule has 0 aromatic heterocycles. The van der Waals surface area contributed by atoms with Crippen LogP contribution in [0.4, 0.5) is 11.4 Å². The Labute approximate surface area is 408 Å². The fourth-order valence-corrected chi connectivity index (χ4v) is 7.96. The molecule has 6 rings (SSSR count). The number of aryl methyl sites for hydroxylation is 4. The van der Waals surface area contributed by atoms with Gasteiger partial charge in [0.2, 0.25) is 11.8 Å². The quantitative estimate of drug-likeness (QED) is 0.0427. The number of hydrogen-bond donors (Lipinski definition) is 8. The van der Waals surface area contributed by atoms with E-state index in [2.05, 4.69) is 119 Å². The highest BCUT2D eigenvalue weighted by molar-refractivity contribution is 6.28. The molecule has 18 heteroatoms. The number of unbranched alkanes of at least 4 members (excludes halogenated alkanes) is 2. The van der Waals surface area contributed by atoms with Crippen molar-refractivity contribution in [2.75, 3.05) is 50.9 Å². The van der Waals surface area contributed by atoms with Crippen LogP contribution in [0.1, 0.15) is 97.6 Å². The topological polar surface area (TPSA) is 288 Å². The zero-order valence-corrected chi connectivity index (χ0v) is 40.1. The van der Waals surface area contributed by atoms with Crippen molar-refractivity contribution in [3.8, 4) is 0 Å². The Hall–Kier alpha value is -7.44. The molecule has 378 valence electrons. The van der Waals surface area contributed by atoms with Crippen molar-refractivity contribution in [1.82, 2.24) is 9.80 Å². The second-order valence-electron chi connectivity index (χ2n) is 16.9. The molecule has 70 heavy (non-hydrogen) atoms. The summed E-state index contributed by atoms with van der Waals surface area (Å²) < 4.78 is 0. The van der Waals surface area contributed by atoms with E-state index in [4.69, 9.17) is 59.4 Å². The number of nitrogens with zero attached hydrogens (tertiary/aromatic N) is 2. The molecule has 2 unspecified atom stereocenters. The Bertz CT molecular complexity index is 2120. The van der Waals surface area contributed by atoms with Gasteiger partial charge in [0.1, 0.15) is 0 Å². The van der Waals surface area contributed by atoms with Gasteiger partial charge in [0.15, 0.2) is 0 Å². The third-order valence-corrected chi connectivity index (χ3v) is 11.1. The van der Waals surface area contributed by atoms with Gasteiger partial charge in [-0.25, -0.2) is 28.8 Å². The van der Waals surface area contributed by atoms with Crippen molar-refractivity contribution in [3.05, 3.63) is 130 Å². The number of hydrogen-bond acceptors (Lipinski definition) is 10. The van der Waals surface area contributed by atoms with Crippen LogP contribution in [0.2, 0.25) is 0 Å². The summed E-state index contributed by atoms with van der Waals surface area (Å²) in [6.07, 6.45) is 12.0. The molecule has 4 aromatic carbocycles. The minimum absolute atomic E-state index is 0.00460. The highest BCUT2D eigenvalue weighted by atomic mass is 16.5. The van der Waals surface area contributed by atoms with Crippen molar-refractivity contribution in [1.29, 1.82) is 0 Å². The van der Waals surface area contributed by atoms with Crippen LogP contribution in [0.15, 0.2) is 97.1 Å². The van der Waals surface area contributed by atoms with Crippen molar-refractivity contribution in [2.24, 2.45) is 0 Å². The molecule has 18 nitrogen and oxygen atoms in total. The number of rotatable bonds is 16. The van der Waals surface area contributed by atoms with E-state index in [0.717, 1.165) is 50.4 Å². The summed E-state index contributed by atoms with van der Waals surface area (Å²) in [5.41, 5.74) is 10.5. The predicted octanol–water partition coefficient (Wildman–Crippen LogP) is 6.73. The number of carboxylic acid groups (broad SMARTS) is 6. The summed E-state index contributed by atoms with van der Waals surface area (Å²) >= 11 is 0. The average Bonchev–Trinajstić information content (AvgIpc) is 3.90. The van der Waals surface area contributed by atoms with Gasteiger partial charge in [0, 0.05) is 38.3 Å². The molecule has 0 fully saturated rings. The summed E-state index contributed by atoms with van der Waals surface area (Å²) in [4.78, 5) is 82.1. The lowest BCUT2D eigenvalue weighted by Crippen LogP contribution is -2.25. The molecule has 2 amide bonds. The second kappa shape index (κ2) is 31.6. The van der Waals surface area contributed by atoms with Crippen LogP contribution >= 0.6 is 0 Å². The van der Waals surface area contributed by atoms with Gasteiger partial charge in [-0.15, -0.1) is 0 Å². The number of amides is 2. The maximum absolute atomic E-state index is 11.3. The number of likely N-dealkylation sites (N-methyl/N-ethyl adjacent to an activating group) is 2. The van der Waals surface area contributed by atoms with E-state index in [1.165, 1.54) is 84.7 Å². The number of carbonyl (C=O) groups excluding carboxylic acids is 2. The first-order valence-corrected chi connectivity index (χ1v) is 22.8. The molecular formula is C52H66N4O14. The fourth-order valence-electron chi connectivity index (χ4n) is 7.96. The van der Waals surface area contributed by atoms with Crippen molar-refractivity contribution >= 4 is 59.0 Å². The lowest BCUT2D eigenvalue weighted by atomic mass is 10.00. The van der Waals surface area contributed by atoms with Gasteiger partial charge in [-0.1, -0.05) is 72.8 Å². The Morgan fingerprint density at radius 3 is 1.07 bits per heavy atom. The molecule has 8 N–H and O–H groups in total. The normalized spacial score (nSPS) is 13.7. The van der Waals surface area contributed by atoms with Crippen molar-refractivity contribution in [3.63, 3.8) is 0 Å². The Kier molecular flexibility index (Phi) is 26.5. The van der Waals surface area contributed by atoms with E-state index in [1.54, 1.807) is 13.8 Å². The van der Waals surface area contributed by atoms with E-state index in [1.807, 2.05) is 12.1 Å². The monoisotopic (exact) mass is 970 g/mol. The maximum Gasteiger partial charge on any atom is 0.414 e. The third kappa shape index (κ3) is 24.0. The molecule has 0 saturated heterocycles. The molecule has 2 aliphatic carbocycles. The lowest BCUT2D eigenvalue weighted by Gasteiger charge is -2.22. The van der Waals surface area contributed by atoms with Gasteiger partial charge in [-0.2, -0.15) is 0 Å². The van der Waals surface area contributed by atoms with Crippen LogP contribution < -0.4 is 10.6 Å². The lowest BCUT2D eigenvalue weighted by molar-refractivity contribution is -0.159. The van der Waals surface area contributed by atoms with Gasteiger partial charge in [-0.3, -0.25) is 9.59 Å². The van der Waals surface area contributed by atoms with Crippen molar-refractivity contribution < 1.29 is 69.0 Å². The molecule has 0 radical (unpaired) electrons. The molecular weight excluding hydrogens is 905 g/mol. The van der Waals surface area contributed by atoms with Gasteiger partial charge in [-0.05, 0) is 161 Å². The minimum Gasteiger partial charge on any atom is -0.473 e. The van der Waals surface area contributed by atoms with Gasteiger partial charge >= 0.3 is 35.8 Å². The summed E-state index contributed by atoms with van der Waals surface area (Å²) in [6.45, 7) is 7.61. The number of carbonyl (C=O) groups is 8. The second-order valence-corrected chi connectivity index (χ2v) is 16.9. The first-order chi connectivity index (χ1) is 33.2.